The molecule has 0 aliphatic carbocycles. The standard InChI is InChI=1S/C13H11ClN2O3/c1-2-9-10(12(17)18)4-3-5-11(9)19-13-15-6-8(14)7-16-13/h3-7H,2H2,1H3,(H,17,18). The highest BCUT2D eigenvalue weighted by Gasteiger charge is 2.14. The Morgan fingerprint density at radius 3 is 2.63 bits per heavy atom. The van der Waals surface area contributed by atoms with Gasteiger partial charge in [0.1, 0.15) is 5.75 Å². The summed E-state index contributed by atoms with van der Waals surface area (Å²) in [5, 5.41) is 9.52. The summed E-state index contributed by atoms with van der Waals surface area (Å²) in [6, 6.07) is 4.97. The van der Waals surface area contributed by atoms with E-state index in [0.717, 1.165) is 0 Å². The van der Waals surface area contributed by atoms with Crippen LogP contribution in [0.3, 0.4) is 0 Å². The van der Waals surface area contributed by atoms with E-state index in [1.54, 1.807) is 12.1 Å². The van der Waals surface area contributed by atoms with Gasteiger partial charge in [0.05, 0.1) is 23.0 Å². The molecule has 0 aliphatic heterocycles. The third-order valence-corrected chi connectivity index (χ3v) is 2.71. The van der Waals surface area contributed by atoms with Crippen LogP contribution in [-0.2, 0) is 6.42 Å². The highest BCUT2D eigenvalue weighted by molar-refractivity contribution is 6.30. The largest absolute Gasteiger partial charge is 0.478 e. The van der Waals surface area contributed by atoms with E-state index >= 15 is 0 Å². The number of aromatic nitrogens is 2. The lowest BCUT2D eigenvalue weighted by molar-refractivity contribution is 0.0695. The lowest BCUT2D eigenvalue weighted by Gasteiger charge is -2.10. The Kier molecular flexibility index (Phi) is 3.97. The molecule has 2 aromatic rings. The summed E-state index contributed by atoms with van der Waals surface area (Å²) in [5.74, 6) is -0.552. The summed E-state index contributed by atoms with van der Waals surface area (Å²) in [5.41, 5.74) is 0.822. The monoisotopic (exact) mass is 278 g/mol. The van der Waals surface area contributed by atoms with Gasteiger partial charge < -0.3 is 9.84 Å². The molecule has 1 N–H and O–H groups in total. The molecule has 1 aromatic heterocycles. The van der Waals surface area contributed by atoms with Gasteiger partial charge in [0.2, 0.25) is 0 Å². The molecule has 0 radical (unpaired) electrons. The zero-order valence-electron chi connectivity index (χ0n) is 10.1. The Balaban J connectivity index is 2.37. The van der Waals surface area contributed by atoms with Gasteiger partial charge in [-0.2, -0.15) is 0 Å². The van der Waals surface area contributed by atoms with Crippen LogP contribution in [0.4, 0.5) is 0 Å². The van der Waals surface area contributed by atoms with Crippen LogP contribution >= 0.6 is 11.6 Å². The van der Waals surface area contributed by atoms with Gasteiger partial charge in [-0.1, -0.05) is 24.6 Å². The molecule has 0 unspecified atom stereocenters. The quantitative estimate of drug-likeness (QED) is 0.930. The first-order valence-electron chi connectivity index (χ1n) is 5.62. The number of carbonyl (C=O) groups is 1. The molecule has 0 saturated carbocycles. The highest BCUT2D eigenvalue weighted by atomic mass is 35.5. The van der Waals surface area contributed by atoms with Gasteiger partial charge in [-0.05, 0) is 18.6 Å². The summed E-state index contributed by atoms with van der Waals surface area (Å²) in [4.78, 5) is 18.9. The molecule has 0 amide bonds. The van der Waals surface area contributed by atoms with Gasteiger partial charge in [0.15, 0.2) is 0 Å². The van der Waals surface area contributed by atoms with Crippen molar-refractivity contribution in [1.29, 1.82) is 0 Å². The van der Waals surface area contributed by atoms with E-state index in [2.05, 4.69) is 9.97 Å². The molecule has 1 heterocycles. The Morgan fingerprint density at radius 1 is 1.37 bits per heavy atom. The SMILES string of the molecule is CCc1c(Oc2ncc(Cl)cn2)cccc1C(=O)O. The predicted molar refractivity (Wildman–Crippen MR) is 69.9 cm³/mol. The summed E-state index contributed by atoms with van der Waals surface area (Å²) in [6.45, 7) is 1.86. The third-order valence-electron chi connectivity index (χ3n) is 2.51. The fraction of sp³-hybridized carbons (Fsp3) is 0.154. The average Bonchev–Trinajstić information content (AvgIpc) is 2.41. The Labute approximate surface area is 114 Å². The molecule has 19 heavy (non-hydrogen) atoms. The number of ether oxygens (including phenoxy) is 1. The Bertz CT molecular complexity index is 599. The van der Waals surface area contributed by atoms with Crippen molar-refractivity contribution in [2.45, 2.75) is 13.3 Å². The van der Waals surface area contributed by atoms with E-state index in [0.29, 0.717) is 22.8 Å². The van der Waals surface area contributed by atoms with Crippen LogP contribution in [0.2, 0.25) is 5.02 Å². The highest BCUT2D eigenvalue weighted by Crippen LogP contribution is 2.26. The second-order valence-electron chi connectivity index (χ2n) is 3.73. The maximum atomic E-state index is 11.1. The minimum atomic E-state index is -0.987. The molecular formula is C13H11ClN2O3. The average molecular weight is 279 g/mol. The number of hydrogen-bond donors (Lipinski definition) is 1. The first-order valence-corrected chi connectivity index (χ1v) is 6.00. The van der Waals surface area contributed by atoms with Crippen molar-refractivity contribution in [1.82, 2.24) is 9.97 Å². The molecule has 0 saturated heterocycles. The number of nitrogens with zero attached hydrogens (tertiary/aromatic N) is 2. The Morgan fingerprint density at radius 2 is 2.05 bits per heavy atom. The number of halogens is 1. The zero-order chi connectivity index (χ0) is 13.8. The number of benzene rings is 1. The van der Waals surface area contributed by atoms with Crippen LogP contribution in [-0.4, -0.2) is 21.0 Å². The van der Waals surface area contributed by atoms with Crippen molar-refractivity contribution >= 4 is 17.6 Å². The van der Waals surface area contributed by atoms with Gasteiger partial charge >= 0.3 is 12.0 Å². The maximum Gasteiger partial charge on any atom is 0.336 e. The molecular weight excluding hydrogens is 268 g/mol. The number of carboxylic acid groups (broad SMARTS) is 1. The fourth-order valence-corrected chi connectivity index (χ4v) is 1.78. The maximum absolute atomic E-state index is 11.1. The first kappa shape index (κ1) is 13.3. The number of carboxylic acids is 1. The first-order chi connectivity index (χ1) is 9.11. The van der Waals surface area contributed by atoms with E-state index < -0.39 is 5.97 Å². The van der Waals surface area contributed by atoms with Gasteiger partial charge in [-0.25, -0.2) is 14.8 Å². The van der Waals surface area contributed by atoms with E-state index in [1.165, 1.54) is 18.5 Å². The summed E-state index contributed by atoms with van der Waals surface area (Å²) in [6.07, 6.45) is 3.36. The van der Waals surface area contributed by atoms with E-state index in [4.69, 9.17) is 21.4 Å². The molecule has 98 valence electrons. The second-order valence-corrected chi connectivity index (χ2v) is 4.16. The molecule has 0 bridgehead atoms. The lowest BCUT2D eigenvalue weighted by atomic mass is 10.0. The van der Waals surface area contributed by atoms with Gasteiger partial charge in [0, 0.05) is 5.56 Å². The van der Waals surface area contributed by atoms with Crippen LogP contribution in [0.5, 0.6) is 11.8 Å². The number of aromatic carboxylic acids is 1. The van der Waals surface area contributed by atoms with E-state index in [1.807, 2.05) is 6.92 Å². The number of hydrogen-bond acceptors (Lipinski definition) is 4. The van der Waals surface area contributed by atoms with Crippen LogP contribution in [0.15, 0.2) is 30.6 Å². The summed E-state index contributed by atoms with van der Waals surface area (Å²) in [7, 11) is 0. The van der Waals surface area contributed by atoms with E-state index in [-0.39, 0.29) is 11.6 Å². The van der Waals surface area contributed by atoms with Crippen LogP contribution in [0.25, 0.3) is 0 Å². The van der Waals surface area contributed by atoms with Crippen molar-refractivity contribution < 1.29 is 14.6 Å². The second kappa shape index (κ2) is 5.67. The van der Waals surface area contributed by atoms with Gasteiger partial charge in [-0.3, -0.25) is 0 Å². The van der Waals surface area contributed by atoms with Gasteiger partial charge in [-0.15, -0.1) is 0 Å². The molecule has 5 nitrogen and oxygen atoms in total. The van der Waals surface area contributed by atoms with Crippen molar-refractivity contribution in [2.24, 2.45) is 0 Å². The van der Waals surface area contributed by atoms with Crippen LogP contribution in [0, 0.1) is 0 Å². The Hall–Kier alpha value is -2.14. The molecule has 0 atom stereocenters. The summed E-state index contributed by atoms with van der Waals surface area (Å²) < 4.78 is 5.50. The van der Waals surface area contributed by atoms with Crippen LogP contribution < -0.4 is 4.74 Å². The lowest BCUT2D eigenvalue weighted by Crippen LogP contribution is -2.04. The number of rotatable bonds is 4. The fourth-order valence-electron chi connectivity index (χ4n) is 1.68. The van der Waals surface area contributed by atoms with Crippen LogP contribution in [0.1, 0.15) is 22.8 Å². The molecule has 6 heteroatoms. The van der Waals surface area contributed by atoms with Crippen molar-refractivity contribution in [3.05, 3.63) is 46.7 Å². The molecule has 0 fully saturated rings. The smallest absolute Gasteiger partial charge is 0.336 e. The third kappa shape index (κ3) is 3.00. The van der Waals surface area contributed by atoms with Crippen molar-refractivity contribution in [3.8, 4) is 11.8 Å². The van der Waals surface area contributed by atoms with Crippen molar-refractivity contribution in [2.75, 3.05) is 0 Å². The minimum Gasteiger partial charge on any atom is -0.478 e. The predicted octanol–water partition coefficient (Wildman–Crippen LogP) is 3.18. The molecule has 0 spiro atoms. The molecule has 2 rings (SSSR count). The normalized spacial score (nSPS) is 10.2. The molecule has 0 aliphatic rings. The topological polar surface area (TPSA) is 72.3 Å². The van der Waals surface area contributed by atoms with E-state index in [9.17, 15) is 4.79 Å². The summed E-state index contributed by atoms with van der Waals surface area (Å²) >= 11 is 5.68. The minimum absolute atomic E-state index is 0.127. The van der Waals surface area contributed by atoms with Gasteiger partial charge in [0.25, 0.3) is 0 Å². The molecule has 1 aromatic carbocycles. The zero-order valence-corrected chi connectivity index (χ0v) is 10.9. The van der Waals surface area contributed by atoms with Crippen molar-refractivity contribution in [3.63, 3.8) is 0 Å².